The highest BCUT2D eigenvalue weighted by molar-refractivity contribution is 5.76. The van der Waals surface area contributed by atoms with Crippen LogP contribution >= 0.6 is 0 Å². The normalized spacial score (nSPS) is 56.0. The maximum absolute atomic E-state index is 12.3. The van der Waals surface area contributed by atoms with E-state index in [1.807, 2.05) is 6.92 Å². The van der Waals surface area contributed by atoms with E-state index in [2.05, 4.69) is 13.8 Å². The number of ether oxygens (including phenoxy) is 2. The second-order valence-corrected chi connectivity index (χ2v) is 8.35. The third-order valence-electron chi connectivity index (χ3n) is 7.57. The largest absolute Gasteiger partial charge is 0.481 e. The van der Waals surface area contributed by atoms with Gasteiger partial charge in [0.15, 0.2) is 0 Å². The number of aliphatic carboxylic acids is 1. The first-order valence-electron chi connectivity index (χ1n) is 8.96. The first-order chi connectivity index (χ1) is 10.4. The molecule has 4 aliphatic rings. The van der Waals surface area contributed by atoms with E-state index in [4.69, 9.17) is 9.47 Å². The third kappa shape index (κ3) is 1.86. The van der Waals surface area contributed by atoms with Crippen LogP contribution < -0.4 is 0 Å². The molecule has 22 heavy (non-hydrogen) atoms. The number of carbonyl (C=O) groups is 1. The van der Waals surface area contributed by atoms with E-state index < -0.39 is 11.4 Å². The van der Waals surface area contributed by atoms with Gasteiger partial charge in [0.25, 0.3) is 0 Å². The van der Waals surface area contributed by atoms with Crippen LogP contribution in [0.15, 0.2) is 0 Å². The van der Waals surface area contributed by atoms with Gasteiger partial charge in [0.1, 0.15) is 0 Å². The van der Waals surface area contributed by atoms with E-state index in [9.17, 15) is 9.90 Å². The molecule has 0 aromatic carbocycles. The number of rotatable bonds is 4. The Kier molecular flexibility index (Phi) is 3.19. The molecule has 4 rings (SSSR count). The molecular weight excluding hydrogens is 280 g/mol. The fourth-order valence-electron chi connectivity index (χ4n) is 5.83. The van der Waals surface area contributed by atoms with Crippen molar-refractivity contribution in [2.75, 3.05) is 0 Å². The lowest BCUT2D eigenvalue weighted by Crippen LogP contribution is -2.57. The highest BCUT2D eigenvalue weighted by atomic mass is 16.6. The SMILES string of the molecule is CCC1(CC2CCC3OC3C2)C2OC2CC(C)C1(C)C(=O)O. The average Bonchev–Trinajstić information content (AvgIpc) is 3.37. The molecule has 4 nitrogen and oxygen atoms in total. The summed E-state index contributed by atoms with van der Waals surface area (Å²) in [5, 5.41) is 10.1. The molecule has 8 unspecified atom stereocenters. The Morgan fingerprint density at radius 3 is 2.59 bits per heavy atom. The lowest BCUT2D eigenvalue weighted by Gasteiger charge is -2.52. The maximum atomic E-state index is 12.3. The van der Waals surface area contributed by atoms with Gasteiger partial charge in [0, 0.05) is 5.41 Å². The molecule has 0 aromatic rings. The lowest BCUT2D eigenvalue weighted by atomic mass is 9.49. The van der Waals surface area contributed by atoms with Crippen molar-refractivity contribution in [2.45, 2.75) is 83.7 Å². The Balaban J connectivity index is 1.64. The number of epoxide rings is 2. The molecule has 1 N–H and O–H groups in total. The summed E-state index contributed by atoms with van der Waals surface area (Å²) in [7, 11) is 0. The zero-order valence-electron chi connectivity index (χ0n) is 13.9. The van der Waals surface area contributed by atoms with Crippen LogP contribution in [0.25, 0.3) is 0 Å². The van der Waals surface area contributed by atoms with Gasteiger partial charge >= 0.3 is 5.97 Å². The predicted octanol–water partition coefficient (Wildman–Crippen LogP) is 3.24. The summed E-state index contributed by atoms with van der Waals surface area (Å²) < 4.78 is 11.7. The van der Waals surface area contributed by atoms with E-state index in [1.165, 1.54) is 6.42 Å². The molecule has 4 heteroatoms. The summed E-state index contributed by atoms with van der Waals surface area (Å²) in [6, 6.07) is 0. The van der Waals surface area contributed by atoms with Crippen LogP contribution in [-0.2, 0) is 14.3 Å². The Bertz CT molecular complexity index is 491. The van der Waals surface area contributed by atoms with Crippen molar-refractivity contribution in [3.8, 4) is 0 Å². The summed E-state index contributed by atoms with van der Waals surface area (Å²) in [5.74, 6) is 0.131. The van der Waals surface area contributed by atoms with Gasteiger partial charge in [-0.2, -0.15) is 0 Å². The molecule has 2 heterocycles. The second kappa shape index (κ2) is 4.70. The van der Waals surface area contributed by atoms with Crippen LogP contribution in [0.2, 0.25) is 0 Å². The molecule has 2 aliphatic carbocycles. The molecule has 0 spiro atoms. The number of carboxylic acids is 1. The summed E-state index contributed by atoms with van der Waals surface area (Å²) in [6.45, 7) is 6.26. The molecule has 0 aromatic heterocycles. The van der Waals surface area contributed by atoms with Gasteiger partial charge in [0.05, 0.1) is 29.8 Å². The zero-order valence-corrected chi connectivity index (χ0v) is 13.9. The Labute approximate surface area is 132 Å². The Hall–Kier alpha value is -0.610. The molecular formula is C18H28O4. The van der Waals surface area contributed by atoms with Crippen LogP contribution in [0.5, 0.6) is 0 Å². The topological polar surface area (TPSA) is 62.4 Å². The van der Waals surface area contributed by atoms with Gasteiger partial charge in [-0.25, -0.2) is 0 Å². The predicted molar refractivity (Wildman–Crippen MR) is 81.5 cm³/mol. The number of fused-ring (bicyclic) bond motifs is 2. The number of hydrogen-bond acceptors (Lipinski definition) is 3. The van der Waals surface area contributed by atoms with Crippen LogP contribution in [0.1, 0.15) is 59.3 Å². The van der Waals surface area contributed by atoms with Crippen molar-refractivity contribution in [3.05, 3.63) is 0 Å². The van der Waals surface area contributed by atoms with Crippen molar-refractivity contribution in [1.82, 2.24) is 0 Å². The number of hydrogen-bond donors (Lipinski definition) is 1. The fourth-order valence-corrected chi connectivity index (χ4v) is 5.83. The van der Waals surface area contributed by atoms with Crippen molar-refractivity contribution >= 4 is 5.97 Å². The standard InChI is InChI=1S/C18H28O4/c1-4-18(9-11-5-6-12-13(8-11)21-12)15-14(22-15)7-10(2)17(18,3)16(19)20/h10-15H,4-9H2,1-3H3,(H,19,20). The van der Waals surface area contributed by atoms with Gasteiger partial charge < -0.3 is 14.6 Å². The van der Waals surface area contributed by atoms with Crippen molar-refractivity contribution in [1.29, 1.82) is 0 Å². The smallest absolute Gasteiger partial charge is 0.310 e. The van der Waals surface area contributed by atoms with E-state index in [0.29, 0.717) is 24.2 Å². The minimum absolute atomic E-state index is 0.160. The minimum Gasteiger partial charge on any atom is -0.481 e. The molecule has 2 saturated carbocycles. The van der Waals surface area contributed by atoms with Crippen LogP contribution in [0, 0.1) is 22.7 Å². The van der Waals surface area contributed by atoms with Gasteiger partial charge in [-0.05, 0) is 57.3 Å². The average molecular weight is 308 g/mol. The van der Waals surface area contributed by atoms with Crippen LogP contribution in [-0.4, -0.2) is 35.5 Å². The first-order valence-corrected chi connectivity index (χ1v) is 8.96. The summed E-state index contributed by atoms with van der Waals surface area (Å²) >= 11 is 0. The van der Waals surface area contributed by atoms with Crippen LogP contribution in [0.4, 0.5) is 0 Å². The van der Waals surface area contributed by atoms with Crippen molar-refractivity contribution < 1.29 is 19.4 Å². The number of carboxylic acid groups (broad SMARTS) is 1. The molecule has 2 aliphatic heterocycles. The van der Waals surface area contributed by atoms with E-state index >= 15 is 0 Å². The second-order valence-electron chi connectivity index (χ2n) is 8.35. The van der Waals surface area contributed by atoms with Crippen molar-refractivity contribution in [2.24, 2.45) is 22.7 Å². The van der Waals surface area contributed by atoms with Crippen molar-refractivity contribution in [3.63, 3.8) is 0 Å². The minimum atomic E-state index is -0.680. The van der Waals surface area contributed by atoms with Gasteiger partial charge in [-0.1, -0.05) is 13.8 Å². The lowest BCUT2D eigenvalue weighted by molar-refractivity contribution is -0.169. The van der Waals surface area contributed by atoms with Gasteiger partial charge in [-0.15, -0.1) is 0 Å². The van der Waals surface area contributed by atoms with E-state index in [1.54, 1.807) is 0 Å². The molecule has 8 atom stereocenters. The zero-order chi connectivity index (χ0) is 15.7. The first kappa shape index (κ1) is 14.9. The molecule has 0 radical (unpaired) electrons. The highest BCUT2D eigenvalue weighted by Crippen LogP contribution is 2.65. The van der Waals surface area contributed by atoms with E-state index in [0.717, 1.165) is 32.1 Å². The molecule has 124 valence electrons. The monoisotopic (exact) mass is 308 g/mol. The Morgan fingerprint density at radius 1 is 1.18 bits per heavy atom. The molecule has 2 saturated heterocycles. The van der Waals surface area contributed by atoms with Gasteiger partial charge in [-0.3, -0.25) is 4.79 Å². The van der Waals surface area contributed by atoms with E-state index in [-0.39, 0.29) is 17.4 Å². The summed E-state index contributed by atoms with van der Waals surface area (Å²) in [4.78, 5) is 12.3. The summed E-state index contributed by atoms with van der Waals surface area (Å²) in [6.07, 6.45) is 7.67. The van der Waals surface area contributed by atoms with Gasteiger partial charge in [0.2, 0.25) is 0 Å². The summed E-state index contributed by atoms with van der Waals surface area (Å²) in [5.41, 5.74) is -0.895. The molecule has 4 fully saturated rings. The third-order valence-corrected chi connectivity index (χ3v) is 7.57. The Morgan fingerprint density at radius 2 is 1.95 bits per heavy atom. The molecule has 0 bridgehead atoms. The fraction of sp³-hybridized carbons (Fsp3) is 0.944. The quantitative estimate of drug-likeness (QED) is 0.810. The van der Waals surface area contributed by atoms with Crippen LogP contribution in [0.3, 0.4) is 0 Å². The highest BCUT2D eigenvalue weighted by Gasteiger charge is 2.70. The maximum Gasteiger partial charge on any atom is 0.310 e. The molecule has 0 amide bonds.